The topological polar surface area (TPSA) is 56.8 Å². The number of carbonyl (C=O) groups is 1. The molecule has 2 rings (SSSR count). The Balaban J connectivity index is 2.10. The molecule has 0 aliphatic heterocycles. The smallest absolute Gasteiger partial charge is 0.265 e. The first kappa shape index (κ1) is 18.6. The predicted octanol–water partition coefficient (Wildman–Crippen LogP) is 4.12. The summed E-state index contributed by atoms with van der Waals surface area (Å²) in [5.41, 5.74) is 2.95. The summed E-state index contributed by atoms with van der Waals surface area (Å²) in [4.78, 5) is 12.5. The molecule has 0 aliphatic rings. The van der Waals surface area contributed by atoms with Gasteiger partial charge in [-0.3, -0.25) is 4.79 Å². The first-order chi connectivity index (χ1) is 12.0. The maximum absolute atomic E-state index is 12.5. The molecule has 5 heteroatoms. The van der Waals surface area contributed by atoms with Crippen LogP contribution in [-0.2, 0) is 4.79 Å². The lowest BCUT2D eigenvalue weighted by atomic mass is 10.1. The van der Waals surface area contributed by atoms with Crippen molar-refractivity contribution in [2.45, 2.75) is 33.3 Å². The van der Waals surface area contributed by atoms with E-state index in [0.29, 0.717) is 29.4 Å². The van der Waals surface area contributed by atoms with Crippen molar-refractivity contribution in [1.29, 1.82) is 0 Å². The van der Waals surface area contributed by atoms with Gasteiger partial charge in [-0.1, -0.05) is 13.0 Å². The largest absolute Gasteiger partial charge is 0.493 e. The van der Waals surface area contributed by atoms with E-state index in [9.17, 15) is 4.79 Å². The summed E-state index contributed by atoms with van der Waals surface area (Å²) in [5, 5.41) is 2.87. The van der Waals surface area contributed by atoms with Crippen molar-refractivity contribution < 1.29 is 19.0 Å². The number of amides is 1. The zero-order chi connectivity index (χ0) is 18.4. The van der Waals surface area contributed by atoms with Crippen LogP contribution in [0.2, 0.25) is 0 Å². The predicted molar refractivity (Wildman–Crippen MR) is 98.8 cm³/mol. The number of nitrogens with one attached hydrogen (secondary N) is 1. The molecule has 0 heterocycles. The maximum atomic E-state index is 12.5. The Morgan fingerprint density at radius 1 is 1.00 bits per heavy atom. The standard InChI is InChI=1S/C20H25NO4/c1-6-17(25-16-9-7-13(2)14(3)11-16)20(22)21-15-8-10-18(23-4)19(12-15)24-5/h7-12,17H,6H2,1-5H3,(H,21,22). The van der Waals surface area contributed by atoms with E-state index in [0.717, 1.165) is 5.56 Å². The molecule has 2 aromatic rings. The molecule has 25 heavy (non-hydrogen) atoms. The highest BCUT2D eigenvalue weighted by Gasteiger charge is 2.19. The highest BCUT2D eigenvalue weighted by atomic mass is 16.5. The Labute approximate surface area is 148 Å². The van der Waals surface area contributed by atoms with Gasteiger partial charge >= 0.3 is 0 Å². The summed E-state index contributed by atoms with van der Waals surface area (Å²) in [6.07, 6.45) is -0.0123. The molecular formula is C20H25NO4. The number of aryl methyl sites for hydroxylation is 2. The molecule has 1 amide bonds. The van der Waals surface area contributed by atoms with Crippen molar-refractivity contribution in [3.63, 3.8) is 0 Å². The number of rotatable bonds is 7. The van der Waals surface area contributed by atoms with Gasteiger partial charge in [0.25, 0.3) is 5.91 Å². The van der Waals surface area contributed by atoms with Gasteiger partial charge in [-0.05, 0) is 55.7 Å². The molecule has 0 saturated heterocycles. The first-order valence-electron chi connectivity index (χ1n) is 8.25. The minimum absolute atomic E-state index is 0.201. The summed E-state index contributed by atoms with van der Waals surface area (Å²) in [6, 6.07) is 11.1. The molecule has 0 radical (unpaired) electrons. The van der Waals surface area contributed by atoms with Gasteiger partial charge in [-0.2, -0.15) is 0 Å². The molecule has 0 aromatic heterocycles. The lowest BCUT2D eigenvalue weighted by Crippen LogP contribution is -2.32. The number of anilines is 1. The molecule has 2 aromatic carbocycles. The third-order valence-electron chi connectivity index (χ3n) is 4.07. The minimum Gasteiger partial charge on any atom is -0.493 e. The molecule has 0 aliphatic carbocycles. The van der Waals surface area contributed by atoms with E-state index in [1.54, 1.807) is 32.4 Å². The Morgan fingerprint density at radius 3 is 2.32 bits per heavy atom. The van der Waals surface area contributed by atoms with Gasteiger partial charge in [0.1, 0.15) is 5.75 Å². The number of hydrogen-bond acceptors (Lipinski definition) is 4. The molecule has 134 valence electrons. The highest BCUT2D eigenvalue weighted by molar-refractivity contribution is 5.94. The molecule has 1 unspecified atom stereocenters. The fraction of sp³-hybridized carbons (Fsp3) is 0.350. The van der Waals surface area contributed by atoms with E-state index < -0.39 is 6.10 Å². The van der Waals surface area contributed by atoms with E-state index in [2.05, 4.69) is 5.32 Å². The van der Waals surface area contributed by atoms with Crippen LogP contribution < -0.4 is 19.5 Å². The second-order valence-corrected chi connectivity index (χ2v) is 5.82. The van der Waals surface area contributed by atoms with Gasteiger partial charge in [-0.25, -0.2) is 0 Å². The second kappa shape index (κ2) is 8.42. The average Bonchev–Trinajstić information content (AvgIpc) is 2.62. The van der Waals surface area contributed by atoms with Crippen molar-refractivity contribution in [3.8, 4) is 17.2 Å². The Morgan fingerprint density at radius 2 is 1.72 bits per heavy atom. The SMILES string of the molecule is CCC(Oc1ccc(C)c(C)c1)C(=O)Nc1ccc(OC)c(OC)c1. The van der Waals surface area contributed by atoms with Crippen molar-refractivity contribution in [2.24, 2.45) is 0 Å². The van der Waals surface area contributed by atoms with E-state index in [1.807, 2.05) is 39.0 Å². The first-order valence-corrected chi connectivity index (χ1v) is 8.25. The summed E-state index contributed by atoms with van der Waals surface area (Å²) in [7, 11) is 3.13. The summed E-state index contributed by atoms with van der Waals surface area (Å²) in [5.74, 6) is 1.66. The summed E-state index contributed by atoms with van der Waals surface area (Å²) >= 11 is 0. The average molecular weight is 343 g/mol. The maximum Gasteiger partial charge on any atom is 0.265 e. The van der Waals surface area contributed by atoms with Crippen LogP contribution in [0.25, 0.3) is 0 Å². The Bertz CT molecular complexity index is 742. The van der Waals surface area contributed by atoms with Crippen molar-refractivity contribution in [3.05, 3.63) is 47.5 Å². The molecule has 5 nitrogen and oxygen atoms in total. The zero-order valence-corrected chi connectivity index (χ0v) is 15.4. The Kier molecular flexibility index (Phi) is 6.28. The van der Waals surface area contributed by atoms with E-state index in [-0.39, 0.29) is 5.91 Å². The molecule has 1 atom stereocenters. The number of hydrogen-bond donors (Lipinski definition) is 1. The van der Waals surface area contributed by atoms with Gasteiger partial charge in [-0.15, -0.1) is 0 Å². The van der Waals surface area contributed by atoms with Crippen LogP contribution in [-0.4, -0.2) is 26.2 Å². The Hall–Kier alpha value is -2.69. The van der Waals surface area contributed by atoms with Gasteiger partial charge in [0, 0.05) is 11.8 Å². The van der Waals surface area contributed by atoms with E-state index in [4.69, 9.17) is 14.2 Å². The molecule has 0 bridgehead atoms. The van der Waals surface area contributed by atoms with E-state index in [1.165, 1.54) is 5.56 Å². The van der Waals surface area contributed by atoms with Crippen LogP contribution in [0.3, 0.4) is 0 Å². The van der Waals surface area contributed by atoms with Crippen LogP contribution in [0.15, 0.2) is 36.4 Å². The second-order valence-electron chi connectivity index (χ2n) is 5.82. The molecule has 0 saturated carbocycles. The fourth-order valence-corrected chi connectivity index (χ4v) is 2.41. The van der Waals surface area contributed by atoms with Crippen LogP contribution in [0, 0.1) is 13.8 Å². The molecule has 0 fully saturated rings. The number of benzene rings is 2. The van der Waals surface area contributed by atoms with Crippen molar-refractivity contribution in [2.75, 3.05) is 19.5 Å². The number of carbonyl (C=O) groups excluding carboxylic acids is 1. The third kappa shape index (κ3) is 4.66. The van der Waals surface area contributed by atoms with Crippen LogP contribution >= 0.6 is 0 Å². The van der Waals surface area contributed by atoms with Crippen molar-refractivity contribution in [1.82, 2.24) is 0 Å². The molecular weight excluding hydrogens is 318 g/mol. The zero-order valence-electron chi connectivity index (χ0n) is 15.4. The van der Waals surface area contributed by atoms with Gasteiger partial charge in [0.15, 0.2) is 17.6 Å². The quantitative estimate of drug-likeness (QED) is 0.822. The lowest BCUT2D eigenvalue weighted by Gasteiger charge is -2.18. The highest BCUT2D eigenvalue weighted by Crippen LogP contribution is 2.30. The van der Waals surface area contributed by atoms with Gasteiger partial charge < -0.3 is 19.5 Å². The normalized spacial score (nSPS) is 11.6. The fourth-order valence-electron chi connectivity index (χ4n) is 2.41. The third-order valence-corrected chi connectivity index (χ3v) is 4.07. The minimum atomic E-state index is -0.574. The van der Waals surface area contributed by atoms with Crippen molar-refractivity contribution >= 4 is 11.6 Å². The van der Waals surface area contributed by atoms with Gasteiger partial charge in [0.05, 0.1) is 14.2 Å². The number of ether oxygens (including phenoxy) is 3. The van der Waals surface area contributed by atoms with E-state index >= 15 is 0 Å². The lowest BCUT2D eigenvalue weighted by molar-refractivity contribution is -0.122. The summed E-state index contributed by atoms with van der Waals surface area (Å²) in [6.45, 7) is 5.98. The monoisotopic (exact) mass is 343 g/mol. The van der Waals surface area contributed by atoms with Crippen LogP contribution in [0.4, 0.5) is 5.69 Å². The molecule has 1 N–H and O–H groups in total. The van der Waals surface area contributed by atoms with Crippen LogP contribution in [0.5, 0.6) is 17.2 Å². The number of methoxy groups -OCH3 is 2. The summed E-state index contributed by atoms with van der Waals surface area (Å²) < 4.78 is 16.3. The van der Waals surface area contributed by atoms with Gasteiger partial charge in [0.2, 0.25) is 0 Å². The molecule has 0 spiro atoms. The van der Waals surface area contributed by atoms with Crippen LogP contribution in [0.1, 0.15) is 24.5 Å².